The number of halogens is 2. The van der Waals surface area contributed by atoms with Crippen LogP contribution in [0.2, 0.25) is 0 Å². The molecular formula is C13H15ClFN. The molecule has 1 aromatic carbocycles. The molecule has 0 N–H and O–H groups in total. The van der Waals surface area contributed by atoms with Crippen LogP contribution in [0.15, 0.2) is 30.8 Å². The highest BCUT2D eigenvalue weighted by Crippen LogP contribution is 2.16. The van der Waals surface area contributed by atoms with Gasteiger partial charge in [0, 0.05) is 12.1 Å². The second-order valence-corrected chi connectivity index (χ2v) is 3.46. The number of benzene rings is 1. The third-order valence-electron chi connectivity index (χ3n) is 2.08. The minimum Gasteiger partial charge on any atom is -0.291 e. The molecule has 0 aromatic heterocycles. The molecule has 0 saturated heterocycles. The molecule has 0 spiro atoms. The van der Waals surface area contributed by atoms with E-state index in [2.05, 4.69) is 12.5 Å². The zero-order chi connectivity index (χ0) is 11.3. The molecule has 0 heterocycles. The van der Waals surface area contributed by atoms with E-state index >= 15 is 0 Å². The number of likely N-dealkylation sites (N-methyl/N-ethyl adjacent to an activating group) is 1. The lowest BCUT2D eigenvalue weighted by molar-refractivity contribution is 0.424. The van der Waals surface area contributed by atoms with Gasteiger partial charge < -0.3 is 0 Å². The van der Waals surface area contributed by atoms with Gasteiger partial charge in [-0.05, 0) is 18.7 Å². The summed E-state index contributed by atoms with van der Waals surface area (Å²) in [5.41, 5.74) is 1.30. The molecule has 0 unspecified atom stereocenters. The van der Waals surface area contributed by atoms with Crippen molar-refractivity contribution >= 4 is 18.0 Å². The highest BCUT2D eigenvalue weighted by molar-refractivity contribution is 5.85. The van der Waals surface area contributed by atoms with Crippen molar-refractivity contribution in [1.82, 2.24) is 4.90 Å². The molecule has 0 atom stereocenters. The Morgan fingerprint density at radius 2 is 2.12 bits per heavy atom. The summed E-state index contributed by atoms with van der Waals surface area (Å²) in [6.07, 6.45) is 5.18. The van der Waals surface area contributed by atoms with Crippen LogP contribution >= 0.6 is 12.4 Å². The first-order chi connectivity index (χ1) is 7.15. The highest BCUT2D eigenvalue weighted by Gasteiger charge is 2.06. The minimum atomic E-state index is -0.239. The van der Waals surface area contributed by atoms with Crippen LogP contribution in [0, 0.1) is 18.2 Å². The molecule has 0 aliphatic carbocycles. The Morgan fingerprint density at radius 1 is 1.50 bits per heavy atom. The molecule has 0 aliphatic heterocycles. The van der Waals surface area contributed by atoms with Gasteiger partial charge in [0.1, 0.15) is 5.82 Å². The van der Waals surface area contributed by atoms with Crippen LogP contribution in [-0.2, 0) is 0 Å². The zero-order valence-electron chi connectivity index (χ0n) is 9.24. The Morgan fingerprint density at radius 3 is 2.69 bits per heavy atom. The van der Waals surface area contributed by atoms with Crippen LogP contribution in [0.1, 0.15) is 5.56 Å². The summed E-state index contributed by atoms with van der Waals surface area (Å²) in [5.74, 6) is 2.29. The molecule has 0 saturated carbocycles. The number of nitrogens with zero attached hydrogens (tertiary/aromatic N) is 1. The molecule has 3 heteroatoms. The Balaban J connectivity index is 0.00000225. The van der Waals surface area contributed by atoms with Gasteiger partial charge >= 0.3 is 0 Å². The maximum atomic E-state index is 13.4. The van der Waals surface area contributed by atoms with Crippen molar-refractivity contribution in [2.75, 3.05) is 20.1 Å². The highest BCUT2D eigenvalue weighted by atomic mass is 35.5. The summed E-state index contributed by atoms with van der Waals surface area (Å²) < 4.78 is 13.4. The van der Waals surface area contributed by atoms with E-state index in [0.717, 1.165) is 5.57 Å². The third-order valence-corrected chi connectivity index (χ3v) is 2.08. The molecule has 16 heavy (non-hydrogen) atoms. The second kappa shape index (κ2) is 7.05. The van der Waals surface area contributed by atoms with Crippen molar-refractivity contribution < 1.29 is 4.39 Å². The van der Waals surface area contributed by atoms with Crippen molar-refractivity contribution in [2.24, 2.45) is 0 Å². The molecule has 0 fully saturated rings. The van der Waals surface area contributed by atoms with E-state index in [0.29, 0.717) is 18.7 Å². The lowest BCUT2D eigenvalue weighted by Gasteiger charge is -2.15. The van der Waals surface area contributed by atoms with E-state index in [1.54, 1.807) is 18.2 Å². The van der Waals surface area contributed by atoms with Gasteiger partial charge in [0.05, 0.1) is 6.54 Å². The van der Waals surface area contributed by atoms with Crippen molar-refractivity contribution in [3.63, 3.8) is 0 Å². The monoisotopic (exact) mass is 239 g/mol. The van der Waals surface area contributed by atoms with Crippen molar-refractivity contribution in [2.45, 2.75) is 0 Å². The SMILES string of the molecule is C#CCN(C)CC(=C)c1ccccc1F.Cl. The quantitative estimate of drug-likeness (QED) is 0.731. The maximum Gasteiger partial charge on any atom is 0.130 e. The molecule has 1 aromatic rings. The minimum absolute atomic E-state index is 0. The first kappa shape index (κ1) is 14.7. The van der Waals surface area contributed by atoms with Gasteiger partial charge in [0.25, 0.3) is 0 Å². The molecule has 1 nitrogen and oxygen atoms in total. The first-order valence-corrected chi connectivity index (χ1v) is 4.70. The predicted molar refractivity (Wildman–Crippen MR) is 69.0 cm³/mol. The molecular weight excluding hydrogens is 225 g/mol. The van der Waals surface area contributed by atoms with E-state index in [9.17, 15) is 4.39 Å². The van der Waals surface area contributed by atoms with E-state index in [-0.39, 0.29) is 18.2 Å². The average Bonchev–Trinajstić information content (AvgIpc) is 2.18. The zero-order valence-corrected chi connectivity index (χ0v) is 10.1. The third kappa shape index (κ3) is 4.06. The predicted octanol–water partition coefficient (Wildman–Crippen LogP) is 2.83. The lowest BCUT2D eigenvalue weighted by atomic mass is 10.1. The summed E-state index contributed by atoms with van der Waals surface area (Å²) in [4.78, 5) is 1.91. The molecule has 0 aliphatic rings. The Bertz CT molecular complexity index is 395. The molecule has 0 bridgehead atoms. The summed E-state index contributed by atoms with van der Waals surface area (Å²) in [6.45, 7) is 4.97. The van der Waals surface area contributed by atoms with Crippen LogP contribution < -0.4 is 0 Å². The van der Waals surface area contributed by atoms with Crippen molar-refractivity contribution in [1.29, 1.82) is 0 Å². The van der Waals surface area contributed by atoms with Gasteiger partial charge in [-0.2, -0.15) is 0 Å². The first-order valence-electron chi connectivity index (χ1n) is 4.70. The Labute approximate surface area is 102 Å². The fraction of sp³-hybridized carbons (Fsp3) is 0.231. The van der Waals surface area contributed by atoms with Crippen LogP contribution in [0.25, 0.3) is 5.57 Å². The fourth-order valence-electron chi connectivity index (χ4n) is 1.37. The largest absolute Gasteiger partial charge is 0.291 e. The number of rotatable bonds is 4. The maximum absolute atomic E-state index is 13.4. The van der Waals surface area contributed by atoms with Gasteiger partial charge in [-0.1, -0.05) is 30.7 Å². The summed E-state index contributed by atoms with van der Waals surface area (Å²) in [7, 11) is 1.88. The summed E-state index contributed by atoms with van der Waals surface area (Å²) >= 11 is 0. The van der Waals surface area contributed by atoms with E-state index in [1.165, 1.54) is 6.07 Å². The fourth-order valence-corrected chi connectivity index (χ4v) is 1.37. The molecule has 86 valence electrons. The Kier molecular flexibility index (Phi) is 6.48. The van der Waals surface area contributed by atoms with Crippen LogP contribution in [0.4, 0.5) is 4.39 Å². The van der Waals surface area contributed by atoms with Crippen molar-refractivity contribution in [3.8, 4) is 12.3 Å². The van der Waals surface area contributed by atoms with Gasteiger partial charge in [0.15, 0.2) is 0 Å². The molecule has 1 rings (SSSR count). The lowest BCUT2D eigenvalue weighted by Crippen LogP contribution is -2.20. The summed E-state index contributed by atoms with van der Waals surface area (Å²) in [6, 6.07) is 6.62. The van der Waals surface area contributed by atoms with Gasteiger partial charge in [0.2, 0.25) is 0 Å². The van der Waals surface area contributed by atoms with Crippen LogP contribution in [-0.4, -0.2) is 25.0 Å². The van der Waals surface area contributed by atoms with E-state index in [4.69, 9.17) is 6.42 Å². The van der Waals surface area contributed by atoms with Crippen molar-refractivity contribution in [3.05, 3.63) is 42.2 Å². The van der Waals surface area contributed by atoms with E-state index in [1.807, 2.05) is 11.9 Å². The smallest absolute Gasteiger partial charge is 0.130 e. The standard InChI is InChI=1S/C13H14FN.ClH/c1-4-9-15(3)10-11(2)12-7-5-6-8-13(12)14;/h1,5-8H,2,9-10H2,3H3;1H. The van der Waals surface area contributed by atoms with Gasteiger partial charge in [-0.15, -0.1) is 18.8 Å². The topological polar surface area (TPSA) is 3.24 Å². The molecule has 0 amide bonds. The number of hydrogen-bond donors (Lipinski definition) is 0. The van der Waals surface area contributed by atoms with E-state index < -0.39 is 0 Å². The number of hydrogen-bond acceptors (Lipinski definition) is 1. The average molecular weight is 240 g/mol. The van der Waals surface area contributed by atoms with Gasteiger partial charge in [-0.3, -0.25) is 4.90 Å². The summed E-state index contributed by atoms with van der Waals surface area (Å²) in [5, 5.41) is 0. The molecule has 0 radical (unpaired) electrons. The normalized spacial score (nSPS) is 9.38. The van der Waals surface area contributed by atoms with Crippen LogP contribution in [0.3, 0.4) is 0 Å². The Hall–Kier alpha value is -1.30. The second-order valence-electron chi connectivity index (χ2n) is 3.46. The number of terminal acetylenes is 1. The van der Waals surface area contributed by atoms with Crippen LogP contribution in [0.5, 0.6) is 0 Å². The van der Waals surface area contributed by atoms with Gasteiger partial charge in [-0.25, -0.2) is 4.39 Å².